The van der Waals surface area contributed by atoms with E-state index in [0.29, 0.717) is 35.4 Å². The first kappa shape index (κ1) is 47.0. The van der Waals surface area contributed by atoms with Gasteiger partial charge in [0.15, 0.2) is 0 Å². The predicted molar refractivity (Wildman–Crippen MR) is 238 cm³/mol. The van der Waals surface area contributed by atoms with E-state index in [4.69, 9.17) is 15.2 Å². The van der Waals surface area contributed by atoms with Gasteiger partial charge in [0.1, 0.15) is 36.3 Å². The van der Waals surface area contributed by atoms with Gasteiger partial charge in [-0.25, -0.2) is 28.3 Å². The number of aryl methyl sites for hydroxylation is 1. The monoisotopic (exact) mass is 896 g/mol. The van der Waals surface area contributed by atoms with Crippen molar-refractivity contribution in [1.82, 2.24) is 35.1 Å². The minimum atomic E-state index is -1.39. The summed E-state index contributed by atoms with van der Waals surface area (Å²) in [5.74, 6) is -2.48. The first-order valence-corrected chi connectivity index (χ1v) is 21.1. The van der Waals surface area contributed by atoms with Crippen molar-refractivity contribution in [1.29, 1.82) is 0 Å². The molecule has 3 heterocycles. The Balaban J connectivity index is 1.05. The van der Waals surface area contributed by atoms with Crippen LogP contribution in [0.15, 0.2) is 83.9 Å². The summed E-state index contributed by atoms with van der Waals surface area (Å²) in [6.07, 6.45) is 2.28. The largest absolute Gasteiger partial charge is 0.477 e. The van der Waals surface area contributed by atoms with E-state index in [9.17, 15) is 33.9 Å². The van der Waals surface area contributed by atoms with Gasteiger partial charge in [0.05, 0.1) is 23.4 Å². The summed E-state index contributed by atoms with van der Waals surface area (Å²) in [5, 5.41) is 26.3. The van der Waals surface area contributed by atoms with E-state index < -0.39 is 64.4 Å². The smallest absolute Gasteiger partial charge is 0.410 e. The number of halogens is 1. The molecule has 0 saturated carbocycles. The second kappa shape index (κ2) is 20.8. The molecule has 5 amide bonds. The molecule has 1 unspecified atom stereocenters. The summed E-state index contributed by atoms with van der Waals surface area (Å²) < 4.78 is 29.4. The van der Waals surface area contributed by atoms with E-state index in [1.807, 2.05) is 51.1 Å². The summed E-state index contributed by atoms with van der Waals surface area (Å²) in [5.41, 5.74) is 6.51. The highest BCUT2D eigenvalue weighted by Gasteiger charge is 2.33. The number of urea groups is 1. The Kier molecular flexibility index (Phi) is 15.0. The second-order valence-corrected chi connectivity index (χ2v) is 16.6. The van der Waals surface area contributed by atoms with Gasteiger partial charge in [0, 0.05) is 56.5 Å². The number of carbonyl (C=O) groups is 5. The first-order valence-electron chi connectivity index (χ1n) is 21.1. The number of carboxylic acid groups (broad SMARTS) is 1. The summed E-state index contributed by atoms with van der Waals surface area (Å²) in [6.45, 7) is 9.20. The minimum absolute atomic E-state index is 0.0253. The maximum absolute atomic E-state index is 15.4. The standard InChI is InChI=1S/C45H53FN10O9/c1-5-53-24-32(41(59)60)38(57)31-22-33(46)37(23-36(31)53)54-18-20-55(21-19-54)44(63)65-27-29-13-15-30(16-14-29)49-40(58)35(12-9-17-48-42(47)61)56-25-34(51-52-56)39(45(2,3)4)50-43(62)64-26-28-10-7-6-8-11-28/h6-8,10-11,13-16,22-25,35,39H,5,9,12,17-21,26-27H2,1-4H3,(H,49,58)(H,50,62)(H,59,60)(H3,47,48,61)/t35?,39-/m1/s1. The number of aromatic nitrogens is 4. The number of pyridine rings is 1. The molecule has 5 aromatic rings. The molecule has 1 aliphatic rings. The number of hydrogen-bond donors (Lipinski definition) is 5. The van der Waals surface area contributed by atoms with Crippen molar-refractivity contribution in [2.75, 3.05) is 42.9 Å². The number of nitrogens with two attached hydrogens (primary N) is 1. The van der Waals surface area contributed by atoms with Crippen LogP contribution in [0.5, 0.6) is 0 Å². The van der Waals surface area contributed by atoms with Gasteiger partial charge in [-0.2, -0.15) is 0 Å². The zero-order valence-electron chi connectivity index (χ0n) is 36.6. The van der Waals surface area contributed by atoms with Crippen molar-refractivity contribution in [2.24, 2.45) is 11.1 Å². The third-order valence-corrected chi connectivity index (χ3v) is 10.9. The highest BCUT2D eigenvalue weighted by atomic mass is 19.1. The Hall–Kier alpha value is -7.51. The molecule has 1 fully saturated rings. The lowest BCUT2D eigenvalue weighted by molar-refractivity contribution is -0.119. The average Bonchev–Trinajstić information content (AvgIpc) is 3.76. The lowest BCUT2D eigenvalue weighted by Gasteiger charge is -2.35. The summed E-state index contributed by atoms with van der Waals surface area (Å²) >= 11 is 0. The van der Waals surface area contributed by atoms with E-state index >= 15 is 4.39 Å². The van der Waals surface area contributed by atoms with Crippen LogP contribution in [0.2, 0.25) is 0 Å². The van der Waals surface area contributed by atoms with Gasteiger partial charge >= 0.3 is 24.2 Å². The number of nitrogens with zero attached hydrogens (tertiary/aromatic N) is 6. The number of aromatic carboxylic acids is 1. The van der Waals surface area contributed by atoms with Crippen LogP contribution in [-0.2, 0) is 34.0 Å². The maximum atomic E-state index is 15.4. The number of fused-ring (bicyclic) bond motifs is 1. The van der Waals surface area contributed by atoms with Crippen LogP contribution < -0.4 is 32.0 Å². The number of nitrogens with one attached hydrogen (secondary N) is 3. The fourth-order valence-electron chi connectivity index (χ4n) is 7.41. The van der Waals surface area contributed by atoms with Gasteiger partial charge in [0.2, 0.25) is 11.3 Å². The van der Waals surface area contributed by atoms with Gasteiger partial charge in [-0.15, -0.1) is 5.10 Å². The molecule has 2 aromatic heterocycles. The fourth-order valence-corrected chi connectivity index (χ4v) is 7.41. The van der Waals surface area contributed by atoms with Crippen molar-refractivity contribution in [3.63, 3.8) is 0 Å². The third kappa shape index (κ3) is 11.9. The molecular formula is C45H53FN10O9. The molecule has 1 saturated heterocycles. The Morgan fingerprint density at radius 3 is 2.25 bits per heavy atom. The molecule has 1 aliphatic heterocycles. The van der Waals surface area contributed by atoms with Crippen LogP contribution in [0.4, 0.5) is 30.1 Å². The number of hydrogen-bond acceptors (Lipinski definition) is 11. The van der Waals surface area contributed by atoms with E-state index in [-0.39, 0.29) is 63.4 Å². The topological polar surface area (TPSA) is 245 Å². The number of amides is 5. The van der Waals surface area contributed by atoms with Crippen molar-refractivity contribution >= 4 is 52.4 Å². The lowest BCUT2D eigenvalue weighted by atomic mass is 9.85. The molecule has 3 aromatic carbocycles. The van der Waals surface area contributed by atoms with Gasteiger partial charge < -0.3 is 50.6 Å². The van der Waals surface area contributed by atoms with E-state index in [0.717, 1.165) is 11.6 Å². The second-order valence-electron chi connectivity index (χ2n) is 16.6. The van der Waals surface area contributed by atoms with Gasteiger partial charge in [-0.05, 0) is 60.6 Å². The molecule has 65 heavy (non-hydrogen) atoms. The third-order valence-electron chi connectivity index (χ3n) is 10.9. The number of benzene rings is 3. The van der Waals surface area contributed by atoms with Crippen LogP contribution in [0.1, 0.15) is 79.8 Å². The van der Waals surface area contributed by atoms with Crippen LogP contribution in [0.3, 0.4) is 0 Å². The van der Waals surface area contributed by atoms with Crippen molar-refractivity contribution < 1.29 is 42.9 Å². The van der Waals surface area contributed by atoms with Crippen LogP contribution in [-0.4, -0.2) is 92.4 Å². The number of piperazine rings is 1. The molecular weight excluding hydrogens is 844 g/mol. The zero-order valence-corrected chi connectivity index (χ0v) is 36.6. The number of carboxylic acids is 1. The van der Waals surface area contributed by atoms with E-state index in [2.05, 4.69) is 26.3 Å². The maximum Gasteiger partial charge on any atom is 0.410 e. The minimum Gasteiger partial charge on any atom is -0.477 e. The fraction of sp³-hybridized carbons (Fsp3) is 0.378. The van der Waals surface area contributed by atoms with Crippen LogP contribution in [0.25, 0.3) is 10.9 Å². The van der Waals surface area contributed by atoms with Gasteiger partial charge in [-0.1, -0.05) is 68.4 Å². The quantitative estimate of drug-likeness (QED) is 0.0766. The molecule has 0 radical (unpaired) electrons. The summed E-state index contributed by atoms with van der Waals surface area (Å²) in [6, 6.07) is 16.4. The Morgan fingerprint density at radius 1 is 0.923 bits per heavy atom. The lowest BCUT2D eigenvalue weighted by Crippen LogP contribution is -2.49. The zero-order chi connectivity index (χ0) is 46.8. The Bertz CT molecular complexity index is 2570. The molecule has 0 aliphatic carbocycles. The number of ether oxygens (including phenoxy) is 2. The summed E-state index contributed by atoms with van der Waals surface area (Å²) in [7, 11) is 0. The number of rotatable bonds is 16. The molecule has 20 heteroatoms. The number of alkyl carbamates (subject to hydrolysis) is 1. The molecule has 2 atom stereocenters. The highest BCUT2D eigenvalue weighted by molar-refractivity contribution is 5.94. The normalized spacial score (nSPS) is 13.7. The SMILES string of the molecule is CCn1cc(C(=O)O)c(=O)c2cc(F)c(N3CCN(C(=O)OCc4ccc(NC(=O)C(CCCNC(N)=O)n5cc([C@@H](NC(=O)OCc6ccccc6)C(C)(C)C)nn5)cc4)CC3)cc21. The number of primary amides is 1. The molecule has 344 valence electrons. The van der Waals surface area contributed by atoms with E-state index in [1.165, 1.54) is 21.8 Å². The van der Waals surface area contributed by atoms with Crippen LogP contribution >= 0.6 is 0 Å². The van der Waals surface area contributed by atoms with Crippen molar-refractivity contribution in [3.05, 3.63) is 118 Å². The summed E-state index contributed by atoms with van der Waals surface area (Å²) in [4.78, 5) is 78.7. The van der Waals surface area contributed by atoms with Crippen molar-refractivity contribution in [2.45, 2.75) is 72.4 Å². The molecule has 0 bridgehead atoms. The van der Waals surface area contributed by atoms with E-state index in [1.54, 1.807) is 46.9 Å². The van der Waals surface area contributed by atoms with Crippen LogP contribution in [0, 0.1) is 11.2 Å². The van der Waals surface area contributed by atoms with Gasteiger partial charge in [-0.3, -0.25) is 9.59 Å². The molecule has 19 nitrogen and oxygen atoms in total. The number of anilines is 2. The van der Waals surface area contributed by atoms with Crippen molar-refractivity contribution in [3.8, 4) is 0 Å². The predicted octanol–water partition coefficient (Wildman–Crippen LogP) is 5.55. The van der Waals surface area contributed by atoms with Gasteiger partial charge in [0.25, 0.3) is 0 Å². The Morgan fingerprint density at radius 2 is 1.60 bits per heavy atom. The number of carbonyl (C=O) groups excluding carboxylic acids is 4. The molecule has 6 rings (SSSR count). The molecule has 0 spiro atoms. The molecule has 6 N–H and O–H groups in total. The highest BCUT2D eigenvalue weighted by Crippen LogP contribution is 2.33. The average molecular weight is 897 g/mol. The first-order chi connectivity index (χ1) is 31.0. The Labute approximate surface area is 373 Å².